The van der Waals surface area contributed by atoms with Gasteiger partial charge < -0.3 is 10.6 Å². The molecule has 4 aromatic rings. The van der Waals surface area contributed by atoms with Gasteiger partial charge in [0.2, 0.25) is 0 Å². The third-order valence-electron chi connectivity index (χ3n) is 4.86. The first kappa shape index (κ1) is 22.0. The van der Waals surface area contributed by atoms with Crippen molar-refractivity contribution in [3.05, 3.63) is 111 Å². The van der Waals surface area contributed by atoms with Crippen molar-refractivity contribution in [3.8, 4) is 0 Å². The summed E-state index contributed by atoms with van der Waals surface area (Å²) in [4.78, 5) is 27.7. The molecule has 0 aliphatic rings. The summed E-state index contributed by atoms with van der Waals surface area (Å²) in [6.07, 6.45) is 5.13. The van der Waals surface area contributed by atoms with E-state index in [9.17, 15) is 14.9 Å². The van der Waals surface area contributed by atoms with Gasteiger partial charge in [0.1, 0.15) is 5.69 Å². The zero-order chi connectivity index (χ0) is 23.2. The van der Waals surface area contributed by atoms with E-state index in [0.717, 1.165) is 11.1 Å². The van der Waals surface area contributed by atoms with Crippen LogP contribution in [0.2, 0.25) is 5.02 Å². The number of amides is 1. The molecule has 0 aliphatic carbocycles. The molecule has 9 nitrogen and oxygen atoms in total. The zero-order valence-electron chi connectivity index (χ0n) is 17.3. The van der Waals surface area contributed by atoms with Crippen LogP contribution in [0.1, 0.15) is 21.5 Å². The summed E-state index contributed by atoms with van der Waals surface area (Å²) in [6.45, 7) is 0.830. The largest absolute Gasteiger partial charge is 0.375 e. The zero-order valence-corrected chi connectivity index (χ0v) is 18.1. The molecule has 0 aliphatic heterocycles. The van der Waals surface area contributed by atoms with Gasteiger partial charge in [-0.25, -0.2) is 0 Å². The van der Waals surface area contributed by atoms with E-state index in [2.05, 4.69) is 20.7 Å². The third kappa shape index (κ3) is 5.52. The Balaban J connectivity index is 1.45. The molecule has 2 aromatic heterocycles. The van der Waals surface area contributed by atoms with E-state index in [1.807, 2.05) is 30.3 Å². The lowest BCUT2D eigenvalue weighted by molar-refractivity contribution is -0.384. The molecule has 2 N–H and O–H groups in total. The summed E-state index contributed by atoms with van der Waals surface area (Å²) in [5.41, 5.74) is 2.05. The fourth-order valence-corrected chi connectivity index (χ4v) is 3.39. The number of halogens is 1. The minimum atomic E-state index is -0.533. The molecule has 0 radical (unpaired) electrons. The highest BCUT2D eigenvalue weighted by molar-refractivity contribution is 6.31. The van der Waals surface area contributed by atoms with Crippen LogP contribution in [0.15, 0.2) is 79.3 Å². The fourth-order valence-electron chi connectivity index (χ4n) is 3.19. The first-order chi connectivity index (χ1) is 16.0. The van der Waals surface area contributed by atoms with E-state index in [1.165, 1.54) is 18.2 Å². The molecule has 0 saturated heterocycles. The standard InChI is InChI=1S/C23H19ClN6O3/c24-19-4-2-1-3-18(19)14-26-20-6-5-17(13-21(20)30(32)33)23(31)27-22-9-12-29(28-22)15-16-7-10-25-11-8-16/h1-13,26H,14-15H2,(H,27,28,31). The average molecular weight is 463 g/mol. The van der Waals surface area contributed by atoms with Gasteiger partial charge in [0.25, 0.3) is 11.6 Å². The number of nitro groups is 1. The van der Waals surface area contributed by atoms with E-state index in [1.54, 1.807) is 35.4 Å². The molecule has 1 amide bonds. The number of carbonyl (C=O) groups is 1. The minimum Gasteiger partial charge on any atom is -0.375 e. The monoisotopic (exact) mass is 462 g/mol. The Bertz CT molecular complexity index is 1290. The van der Waals surface area contributed by atoms with Gasteiger partial charge in [0.15, 0.2) is 5.82 Å². The van der Waals surface area contributed by atoms with Gasteiger partial charge in [-0.3, -0.25) is 24.6 Å². The molecule has 0 spiro atoms. The van der Waals surface area contributed by atoms with Gasteiger partial charge >= 0.3 is 0 Å². The molecule has 2 aromatic carbocycles. The van der Waals surface area contributed by atoms with Crippen LogP contribution in [-0.2, 0) is 13.1 Å². The number of benzene rings is 2. The van der Waals surface area contributed by atoms with Crippen molar-refractivity contribution in [1.29, 1.82) is 0 Å². The maximum absolute atomic E-state index is 12.7. The highest BCUT2D eigenvalue weighted by Crippen LogP contribution is 2.27. The Morgan fingerprint density at radius 2 is 1.88 bits per heavy atom. The van der Waals surface area contributed by atoms with Gasteiger partial charge in [-0.15, -0.1) is 0 Å². The van der Waals surface area contributed by atoms with Crippen LogP contribution in [0, 0.1) is 10.1 Å². The number of rotatable bonds is 8. The Hall–Kier alpha value is -4.24. The van der Waals surface area contributed by atoms with Crippen LogP contribution in [-0.4, -0.2) is 25.6 Å². The van der Waals surface area contributed by atoms with Crippen LogP contribution >= 0.6 is 11.6 Å². The normalized spacial score (nSPS) is 10.6. The van der Waals surface area contributed by atoms with Crippen LogP contribution in [0.4, 0.5) is 17.2 Å². The minimum absolute atomic E-state index is 0.147. The van der Waals surface area contributed by atoms with E-state index in [4.69, 9.17) is 11.6 Å². The summed E-state index contributed by atoms with van der Waals surface area (Å²) in [7, 11) is 0. The van der Waals surface area contributed by atoms with Crippen molar-refractivity contribution in [2.24, 2.45) is 0 Å². The van der Waals surface area contributed by atoms with Gasteiger partial charge in [-0.1, -0.05) is 29.8 Å². The quantitative estimate of drug-likeness (QED) is 0.288. The van der Waals surface area contributed by atoms with Crippen molar-refractivity contribution in [1.82, 2.24) is 14.8 Å². The molecule has 0 fully saturated rings. The van der Waals surface area contributed by atoms with Crippen molar-refractivity contribution < 1.29 is 9.72 Å². The number of aromatic nitrogens is 3. The second-order valence-corrected chi connectivity index (χ2v) is 7.55. The van der Waals surface area contributed by atoms with E-state index in [-0.39, 0.29) is 16.9 Å². The predicted molar refractivity (Wildman–Crippen MR) is 125 cm³/mol. The lowest BCUT2D eigenvalue weighted by Crippen LogP contribution is -2.14. The number of nitro benzene ring substituents is 1. The Kier molecular flexibility index (Phi) is 6.61. The second kappa shape index (κ2) is 9.92. The summed E-state index contributed by atoms with van der Waals surface area (Å²) in [6, 6.07) is 16.9. The van der Waals surface area contributed by atoms with Gasteiger partial charge in [0.05, 0.1) is 11.5 Å². The van der Waals surface area contributed by atoms with Crippen molar-refractivity contribution in [2.45, 2.75) is 13.1 Å². The highest BCUT2D eigenvalue weighted by atomic mass is 35.5. The molecule has 33 heavy (non-hydrogen) atoms. The number of pyridine rings is 1. The number of anilines is 2. The lowest BCUT2D eigenvalue weighted by Gasteiger charge is -2.10. The first-order valence-corrected chi connectivity index (χ1v) is 10.4. The molecule has 0 unspecified atom stereocenters. The number of nitrogens with zero attached hydrogens (tertiary/aromatic N) is 4. The average Bonchev–Trinajstić information content (AvgIpc) is 3.25. The molecule has 10 heteroatoms. The molecule has 0 atom stereocenters. The summed E-state index contributed by atoms with van der Waals surface area (Å²) in [5.74, 6) is -0.150. The van der Waals surface area contributed by atoms with Crippen LogP contribution in [0.25, 0.3) is 0 Å². The Labute approximate surface area is 194 Å². The third-order valence-corrected chi connectivity index (χ3v) is 5.23. The Morgan fingerprint density at radius 1 is 1.09 bits per heavy atom. The molecule has 0 bridgehead atoms. The van der Waals surface area contributed by atoms with Gasteiger partial charge in [-0.2, -0.15) is 5.10 Å². The lowest BCUT2D eigenvalue weighted by atomic mass is 10.1. The molecule has 2 heterocycles. The maximum atomic E-state index is 12.7. The molecule has 166 valence electrons. The van der Waals surface area contributed by atoms with Crippen molar-refractivity contribution in [3.63, 3.8) is 0 Å². The Morgan fingerprint density at radius 3 is 2.64 bits per heavy atom. The molecule has 0 saturated carbocycles. The molecular weight excluding hydrogens is 444 g/mol. The fraction of sp³-hybridized carbons (Fsp3) is 0.0870. The summed E-state index contributed by atoms with van der Waals surface area (Å²) < 4.78 is 1.68. The van der Waals surface area contributed by atoms with Gasteiger partial charge in [0, 0.05) is 47.9 Å². The maximum Gasteiger partial charge on any atom is 0.293 e. The predicted octanol–water partition coefficient (Wildman–Crippen LogP) is 4.75. The smallest absolute Gasteiger partial charge is 0.293 e. The van der Waals surface area contributed by atoms with Crippen LogP contribution in [0.3, 0.4) is 0 Å². The van der Waals surface area contributed by atoms with E-state index in [0.29, 0.717) is 23.9 Å². The number of carbonyl (C=O) groups excluding carboxylic acids is 1. The SMILES string of the molecule is O=C(Nc1ccn(Cc2ccncc2)n1)c1ccc(NCc2ccccc2Cl)c([N+](=O)[O-])c1. The van der Waals surface area contributed by atoms with Gasteiger partial charge in [-0.05, 0) is 41.5 Å². The second-order valence-electron chi connectivity index (χ2n) is 7.14. The van der Waals surface area contributed by atoms with Crippen molar-refractivity contribution in [2.75, 3.05) is 10.6 Å². The van der Waals surface area contributed by atoms with Crippen LogP contribution in [0.5, 0.6) is 0 Å². The molecule has 4 rings (SSSR count). The highest BCUT2D eigenvalue weighted by Gasteiger charge is 2.18. The van der Waals surface area contributed by atoms with Crippen LogP contribution < -0.4 is 10.6 Å². The first-order valence-electron chi connectivity index (χ1n) is 9.99. The topological polar surface area (TPSA) is 115 Å². The van der Waals surface area contributed by atoms with Crippen molar-refractivity contribution >= 4 is 34.7 Å². The number of hydrogen-bond donors (Lipinski definition) is 2. The number of nitrogens with one attached hydrogen (secondary N) is 2. The molecular formula is C23H19ClN6O3. The van der Waals surface area contributed by atoms with E-state index < -0.39 is 10.8 Å². The number of hydrogen-bond acceptors (Lipinski definition) is 6. The van der Waals surface area contributed by atoms with E-state index >= 15 is 0 Å². The summed E-state index contributed by atoms with van der Waals surface area (Å²) in [5, 5.41) is 22.2. The summed E-state index contributed by atoms with van der Waals surface area (Å²) >= 11 is 6.15.